The van der Waals surface area contributed by atoms with Gasteiger partial charge in [-0.1, -0.05) is 11.2 Å². The Morgan fingerprint density at radius 3 is 2.61 bits per heavy atom. The van der Waals surface area contributed by atoms with Crippen LogP contribution in [0.1, 0.15) is 35.4 Å². The number of halogens is 1. The van der Waals surface area contributed by atoms with Crippen LogP contribution in [0.3, 0.4) is 0 Å². The second-order valence-corrected chi connectivity index (χ2v) is 8.06. The van der Waals surface area contributed by atoms with E-state index < -0.39 is 5.82 Å². The van der Waals surface area contributed by atoms with Crippen LogP contribution in [-0.2, 0) is 6.42 Å². The van der Waals surface area contributed by atoms with Crippen LogP contribution in [-0.4, -0.2) is 58.6 Å². The zero-order valence-corrected chi connectivity index (χ0v) is 18.5. The molecule has 1 aromatic heterocycles. The van der Waals surface area contributed by atoms with Crippen LogP contribution in [0.15, 0.2) is 53.1 Å². The number of nitrogens with zero attached hydrogens (tertiary/aromatic N) is 4. The summed E-state index contributed by atoms with van der Waals surface area (Å²) in [5.41, 5.74) is 1.75. The van der Waals surface area contributed by atoms with E-state index >= 15 is 0 Å². The predicted octanol–water partition coefficient (Wildman–Crippen LogP) is 4.21. The molecule has 33 heavy (non-hydrogen) atoms. The Morgan fingerprint density at radius 2 is 1.88 bits per heavy atom. The van der Waals surface area contributed by atoms with E-state index in [-0.39, 0.29) is 11.9 Å². The minimum Gasteiger partial charge on any atom is -0.339 e. The van der Waals surface area contributed by atoms with Crippen LogP contribution in [0.4, 0.5) is 14.9 Å². The highest BCUT2D eigenvalue weighted by Gasteiger charge is 2.19. The van der Waals surface area contributed by atoms with Crippen molar-refractivity contribution in [3.8, 4) is 11.5 Å². The number of likely N-dealkylation sites (tertiary alicyclic amines) is 1. The molecule has 0 atom stereocenters. The fourth-order valence-corrected chi connectivity index (χ4v) is 3.66. The Morgan fingerprint density at radius 1 is 1.12 bits per heavy atom. The van der Waals surface area contributed by atoms with Gasteiger partial charge in [-0.05, 0) is 61.7 Å². The first-order valence-corrected chi connectivity index (χ1v) is 11.0. The van der Waals surface area contributed by atoms with Gasteiger partial charge in [0.2, 0.25) is 0 Å². The van der Waals surface area contributed by atoms with Crippen LogP contribution in [0.2, 0.25) is 0 Å². The number of carbonyl (C=O) groups is 2. The van der Waals surface area contributed by atoms with Crippen LogP contribution in [0.5, 0.6) is 0 Å². The molecule has 0 aliphatic carbocycles. The van der Waals surface area contributed by atoms with E-state index in [2.05, 4.69) is 15.5 Å². The number of hydrogen-bond donors (Lipinski definition) is 1. The van der Waals surface area contributed by atoms with Crippen molar-refractivity contribution in [2.45, 2.75) is 25.7 Å². The van der Waals surface area contributed by atoms with Gasteiger partial charge in [-0.25, -0.2) is 9.18 Å². The number of amides is 3. The normalized spacial score (nSPS) is 13.6. The van der Waals surface area contributed by atoms with Crippen molar-refractivity contribution in [2.24, 2.45) is 0 Å². The number of rotatable bonds is 6. The molecule has 0 saturated carbocycles. The summed E-state index contributed by atoms with van der Waals surface area (Å²) >= 11 is 0. The van der Waals surface area contributed by atoms with E-state index in [1.807, 2.05) is 4.90 Å². The number of likely N-dealkylation sites (N-methyl/N-ethyl adjacent to an activating group) is 1. The maximum atomic E-state index is 13.3. The maximum absolute atomic E-state index is 13.3. The summed E-state index contributed by atoms with van der Waals surface area (Å²) in [5.74, 6) is 0.448. The molecule has 1 fully saturated rings. The first-order valence-electron chi connectivity index (χ1n) is 11.0. The average molecular weight is 452 g/mol. The van der Waals surface area contributed by atoms with Crippen LogP contribution < -0.4 is 5.32 Å². The molecule has 8 nitrogen and oxygen atoms in total. The van der Waals surface area contributed by atoms with Crippen molar-refractivity contribution in [2.75, 3.05) is 32.0 Å². The average Bonchev–Trinajstić information content (AvgIpc) is 3.32. The number of piperidine rings is 1. The molecule has 0 spiro atoms. The summed E-state index contributed by atoms with van der Waals surface area (Å²) in [4.78, 5) is 32.6. The van der Waals surface area contributed by atoms with Crippen LogP contribution >= 0.6 is 0 Å². The van der Waals surface area contributed by atoms with Gasteiger partial charge >= 0.3 is 6.03 Å². The second-order valence-electron chi connectivity index (χ2n) is 8.06. The minimum atomic E-state index is -0.418. The van der Waals surface area contributed by atoms with Crippen molar-refractivity contribution in [3.63, 3.8) is 0 Å². The number of anilines is 1. The molecule has 2 heterocycles. The largest absolute Gasteiger partial charge is 0.339 e. The first-order chi connectivity index (χ1) is 16.0. The third-order valence-corrected chi connectivity index (χ3v) is 5.58. The van der Waals surface area contributed by atoms with Crippen molar-refractivity contribution >= 4 is 17.6 Å². The van der Waals surface area contributed by atoms with Gasteiger partial charge in [-0.3, -0.25) is 4.79 Å². The Hall–Kier alpha value is -3.75. The number of aromatic nitrogens is 2. The summed E-state index contributed by atoms with van der Waals surface area (Å²) in [5, 5.41) is 6.62. The van der Waals surface area contributed by atoms with E-state index in [0.717, 1.165) is 31.5 Å². The van der Waals surface area contributed by atoms with Crippen molar-refractivity contribution in [1.29, 1.82) is 0 Å². The fraction of sp³-hybridized carbons (Fsp3) is 0.333. The monoisotopic (exact) mass is 451 g/mol. The highest BCUT2D eigenvalue weighted by atomic mass is 19.1. The molecule has 1 aliphatic heterocycles. The molecule has 1 aliphatic rings. The molecule has 2 aromatic carbocycles. The fourth-order valence-electron chi connectivity index (χ4n) is 3.66. The van der Waals surface area contributed by atoms with Gasteiger partial charge in [0.15, 0.2) is 5.82 Å². The Labute approximate surface area is 191 Å². The lowest BCUT2D eigenvalue weighted by molar-refractivity contribution is 0.0724. The molecule has 0 unspecified atom stereocenters. The van der Waals surface area contributed by atoms with E-state index in [1.54, 1.807) is 37.4 Å². The second kappa shape index (κ2) is 10.2. The lowest BCUT2D eigenvalue weighted by Crippen LogP contribution is -2.35. The van der Waals surface area contributed by atoms with E-state index in [4.69, 9.17) is 4.52 Å². The van der Waals surface area contributed by atoms with E-state index in [9.17, 15) is 14.0 Å². The molecule has 9 heteroatoms. The van der Waals surface area contributed by atoms with Gasteiger partial charge in [0.25, 0.3) is 11.8 Å². The van der Waals surface area contributed by atoms with Gasteiger partial charge < -0.3 is 19.6 Å². The lowest BCUT2D eigenvalue weighted by Gasteiger charge is -2.26. The van der Waals surface area contributed by atoms with Crippen molar-refractivity contribution in [1.82, 2.24) is 19.9 Å². The SMILES string of the molecule is CN(CCc1noc(-c2ccc(C(=O)N3CCCCC3)cc2)n1)C(=O)Nc1cccc(F)c1. The molecule has 3 amide bonds. The van der Waals surface area contributed by atoms with E-state index in [1.165, 1.54) is 29.5 Å². The maximum Gasteiger partial charge on any atom is 0.321 e. The van der Waals surface area contributed by atoms with Crippen LogP contribution in [0, 0.1) is 5.82 Å². The number of carbonyl (C=O) groups excluding carboxylic acids is 2. The summed E-state index contributed by atoms with van der Waals surface area (Å²) in [6, 6.07) is 12.5. The topological polar surface area (TPSA) is 91.6 Å². The Bertz CT molecular complexity index is 1110. The third-order valence-electron chi connectivity index (χ3n) is 5.58. The lowest BCUT2D eigenvalue weighted by atomic mass is 10.1. The third kappa shape index (κ3) is 5.74. The zero-order chi connectivity index (χ0) is 23.2. The minimum absolute atomic E-state index is 0.0482. The van der Waals surface area contributed by atoms with Gasteiger partial charge in [-0.15, -0.1) is 0 Å². The smallest absolute Gasteiger partial charge is 0.321 e. The standard InChI is InChI=1S/C24H26FN5O3/c1-29(24(32)26-20-7-5-6-19(25)16-20)15-12-21-27-22(33-28-21)17-8-10-18(11-9-17)23(31)30-13-3-2-4-14-30/h5-11,16H,2-4,12-15H2,1H3,(H,26,32). The molecule has 1 saturated heterocycles. The number of nitrogens with one attached hydrogen (secondary N) is 1. The van der Waals surface area contributed by atoms with Crippen molar-refractivity contribution in [3.05, 3.63) is 65.7 Å². The molecular formula is C24H26FN5O3. The Balaban J connectivity index is 1.31. The van der Waals surface area contributed by atoms with Gasteiger partial charge in [0.05, 0.1) is 0 Å². The predicted molar refractivity (Wildman–Crippen MR) is 121 cm³/mol. The molecule has 172 valence electrons. The number of urea groups is 1. The summed E-state index contributed by atoms with van der Waals surface area (Å²) in [6.07, 6.45) is 3.67. The molecule has 4 rings (SSSR count). The zero-order valence-electron chi connectivity index (χ0n) is 18.5. The number of hydrogen-bond acceptors (Lipinski definition) is 5. The molecule has 0 bridgehead atoms. The van der Waals surface area contributed by atoms with Crippen molar-refractivity contribution < 1.29 is 18.5 Å². The van der Waals surface area contributed by atoms with Gasteiger partial charge in [-0.2, -0.15) is 4.98 Å². The summed E-state index contributed by atoms with van der Waals surface area (Å²) < 4.78 is 18.6. The molecule has 3 aromatic rings. The molecule has 1 N–H and O–H groups in total. The highest BCUT2D eigenvalue weighted by molar-refractivity contribution is 5.94. The summed E-state index contributed by atoms with van der Waals surface area (Å²) in [6.45, 7) is 1.97. The molecular weight excluding hydrogens is 425 g/mol. The quantitative estimate of drug-likeness (QED) is 0.606. The highest BCUT2D eigenvalue weighted by Crippen LogP contribution is 2.20. The number of benzene rings is 2. The van der Waals surface area contributed by atoms with E-state index in [0.29, 0.717) is 35.9 Å². The first kappa shape index (κ1) is 22.4. The Kier molecular flexibility index (Phi) is 6.97. The van der Waals surface area contributed by atoms with Crippen LogP contribution in [0.25, 0.3) is 11.5 Å². The van der Waals surface area contributed by atoms with Gasteiger partial charge in [0.1, 0.15) is 5.82 Å². The summed E-state index contributed by atoms with van der Waals surface area (Å²) in [7, 11) is 1.63. The van der Waals surface area contributed by atoms with Gasteiger partial charge in [0, 0.05) is 49.9 Å². The molecule has 0 radical (unpaired) electrons.